The fourth-order valence-corrected chi connectivity index (χ4v) is 2.95. The molecule has 0 radical (unpaired) electrons. The number of carbonyl (C=O) groups excluding carboxylic acids is 1. The molecule has 0 aliphatic carbocycles. The maximum Gasteiger partial charge on any atom is 0.422 e. The Hall–Kier alpha value is -3.56. The van der Waals surface area contributed by atoms with Crippen LogP contribution in [0.25, 0.3) is 11.0 Å². The molecule has 1 amide bonds. The second-order valence-corrected chi connectivity index (χ2v) is 6.69. The van der Waals surface area contributed by atoms with Gasteiger partial charge in [-0.05, 0) is 37.1 Å². The number of hydrogen-bond donors (Lipinski definition) is 1. The first-order valence-corrected chi connectivity index (χ1v) is 9.22. The number of methoxy groups -OCH3 is 1. The molecule has 0 spiro atoms. The Bertz CT molecular complexity index is 1140. The Kier molecular flexibility index (Phi) is 6.47. The zero-order valence-electron chi connectivity index (χ0n) is 16.7. The van der Waals surface area contributed by atoms with E-state index in [1.54, 1.807) is 25.1 Å². The van der Waals surface area contributed by atoms with Crippen molar-refractivity contribution < 1.29 is 31.9 Å². The van der Waals surface area contributed by atoms with Gasteiger partial charge in [0, 0.05) is 29.5 Å². The summed E-state index contributed by atoms with van der Waals surface area (Å²) in [6.07, 6.45) is -3.12. The first kappa shape index (κ1) is 22.1. The molecular weight excluding hydrogens is 417 g/mol. The Labute approximate surface area is 174 Å². The van der Waals surface area contributed by atoms with Crippen LogP contribution >= 0.6 is 0 Å². The number of amides is 1. The van der Waals surface area contributed by atoms with Crippen molar-refractivity contribution in [2.75, 3.05) is 19.0 Å². The predicted molar refractivity (Wildman–Crippen MR) is 107 cm³/mol. The SMILES string of the molecule is COc1ccc2c(C)c(CCC(=O)Nc3ccc(OCC(F)(F)F)nc3)c(=O)oc2c1. The standard InChI is InChI=1S/C21H19F3N2O5/c1-12-15-5-4-14(29-2)9-17(15)31-20(28)16(12)6-7-18(27)26-13-3-8-19(25-10-13)30-11-21(22,23)24/h3-5,8-10H,6-7,11H2,1-2H3,(H,26,27). The van der Waals surface area contributed by atoms with Gasteiger partial charge < -0.3 is 19.2 Å². The van der Waals surface area contributed by atoms with Crippen LogP contribution in [0, 0.1) is 6.92 Å². The normalized spacial score (nSPS) is 11.4. The summed E-state index contributed by atoms with van der Waals surface area (Å²) >= 11 is 0. The number of pyridine rings is 1. The molecule has 0 fully saturated rings. The number of nitrogens with zero attached hydrogens (tertiary/aromatic N) is 1. The number of aryl methyl sites for hydroxylation is 1. The summed E-state index contributed by atoms with van der Waals surface area (Å²) in [7, 11) is 1.51. The molecule has 1 aromatic carbocycles. The molecule has 2 aromatic heterocycles. The van der Waals surface area contributed by atoms with Gasteiger partial charge in [-0.25, -0.2) is 9.78 Å². The second-order valence-electron chi connectivity index (χ2n) is 6.69. The average Bonchev–Trinajstić information content (AvgIpc) is 2.72. The lowest BCUT2D eigenvalue weighted by Gasteiger charge is -2.10. The lowest BCUT2D eigenvalue weighted by molar-refractivity contribution is -0.154. The number of anilines is 1. The summed E-state index contributed by atoms with van der Waals surface area (Å²) < 4.78 is 51.4. The third-order valence-corrected chi connectivity index (χ3v) is 4.50. The lowest BCUT2D eigenvalue weighted by Crippen LogP contribution is -2.19. The Morgan fingerprint density at radius 1 is 1.23 bits per heavy atom. The van der Waals surface area contributed by atoms with Crippen molar-refractivity contribution in [3.63, 3.8) is 0 Å². The van der Waals surface area contributed by atoms with Crippen LogP contribution in [0.3, 0.4) is 0 Å². The number of halogens is 3. The molecule has 0 bridgehead atoms. The average molecular weight is 436 g/mol. The van der Waals surface area contributed by atoms with E-state index in [2.05, 4.69) is 15.0 Å². The van der Waals surface area contributed by atoms with Gasteiger partial charge >= 0.3 is 11.8 Å². The van der Waals surface area contributed by atoms with E-state index in [4.69, 9.17) is 9.15 Å². The molecule has 0 aliphatic heterocycles. The van der Waals surface area contributed by atoms with Crippen molar-refractivity contribution in [2.45, 2.75) is 25.9 Å². The number of fused-ring (bicyclic) bond motifs is 1. The molecular formula is C21H19F3N2O5. The highest BCUT2D eigenvalue weighted by Gasteiger charge is 2.28. The Balaban J connectivity index is 1.63. The zero-order valence-corrected chi connectivity index (χ0v) is 16.7. The summed E-state index contributed by atoms with van der Waals surface area (Å²) in [5, 5.41) is 3.32. The summed E-state index contributed by atoms with van der Waals surface area (Å²) in [6.45, 7) is 0.328. The molecule has 10 heteroatoms. The fraction of sp³-hybridized carbons (Fsp3) is 0.286. The maximum atomic E-state index is 12.4. The van der Waals surface area contributed by atoms with E-state index in [0.717, 1.165) is 10.9 Å². The van der Waals surface area contributed by atoms with Gasteiger partial charge in [0.2, 0.25) is 11.8 Å². The summed E-state index contributed by atoms with van der Waals surface area (Å²) in [5.74, 6) is -0.0404. The third-order valence-electron chi connectivity index (χ3n) is 4.50. The van der Waals surface area contributed by atoms with Crippen LogP contribution in [0.4, 0.5) is 18.9 Å². The van der Waals surface area contributed by atoms with Gasteiger partial charge in [0.05, 0.1) is 19.0 Å². The molecule has 0 saturated carbocycles. The van der Waals surface area contributed by atoms with Crippen LogP contribution in [0.5, 0.6) is 11.6 Å². The highest BCUT2D eigenvalue weighted by Crippen LogP contribution is 2.24. The number of aromatic nitrogens is 1. The molecule has 3 aromatic rings. The Morgan fingerprint density at radius 3 is 2.65 bits per heavy atom. The van der Waals surface area contributed by atoms with E-state index >= 15 is 0 Å². The molecule has 31 heavy (non-hydrogen) atoms. The number of hydrogen-bond acceptors (Lipinski definition) is 6. The van der Waals surface area contributed by atoms with Crippen molar-refractivity contribution in [3.8, 4) is 11.6 Å². The van der Waals surface area contributed by atoms with Crippen molar-refractivity contribution in [1.82, 2.24) is 4.98 Å². The number of alkyl halides is 3. The quantitative estimate of drug-likeness (QED) is 0.563. The van der Waals surface area contributed by atoms with Crippen LogP contribution in [-0.2, 0) is 11.2 Å². The van der Waals surface area contributed by atoms with Crippen LogP contribution in [0.2, 0.25) is 0 Å². The highest BCUT2D eigenvalue weighted by molar-refractivity contribution is 5.91. The summed E-state index contributed by atoms with van der Waals surface area (Å²) in [4.78, 5) is 28.3. The highest BCUT2D eigenvalue weighted by atomic mass is 19.4. The first-order valence-electron chi connectivity index (χ1n) is 9.22. The first-order chi connectivity index (χ1) is 14.7. The molecule has 0 unspecified atom stereocenters. The lowest BCUT2D eigenvalue weighted by atomic mass is 10.0. The number of benzene rings is 1. The number of carbonyl (C=O) groups is 1. The van der Waals surface area contributed by atoms with Crippen LogP contribution in [-0.4, -0.2) is 30.8 Å². The fourth-order valence-electron chi connectivity index (χ4n) is 2.95. The molecule has 164 valence electrons. The zero-order chi connectivity index (χ0) is 22.6. The van der Waals surface area contributed by atoms with Gasteiger partial charge in [0.25, 0.3) is 0 Å². The summed E-state index contributed by atoms with van der Waals surface area (Å²) in [5.41, 5.74) is 1.27. The van der Waals surface area contributed by atoms with Crippen molar-refractivity contribution in [2.24, 2.45) is 0 Å². The molecule has 1 N–H and O–H groups in total. The van der Waals surface area contributed by atoms with Gasteiger partial charge in [0.15, 0.2) is 6.61 Å². The molecule has 0 atom stereocenters. The number of nitrogens with one attached hydrogen (secondary N) is 1. The predicted octanol–water partition coefficient (Wildman–Crippen LogP) is 4.02. The summed E-state index contributed by atoms with van der Waals surface area (Å²) in [6, 6.07) is 7.75. The van der Waals surface area contributed by atoms with Crippen molar-refractivity contribution >= 4 is 22.6 Å². The number of rotatable bonds is 7. The van der Waals surface area contributed by atoms with Crippen LogP contribution < -0.4 is 20.4 Å². The minimum atomic E-state index is -4.46. The van der Waals surface area contributed by atoms with Crippen molar-refractivity contribution in [3.05, 3.63) is 58.1 Å². The molecule has 3 rings (SSSR count). The molecule has 2 heterocycles. The van der Waals surface area contributed by atoms with Gasteiger partial charge in [-0.1, -0.05) is 0 Å². The second kappa shape index (κ2) is 9.07. The van der Waals surface area contributed by atoms with Crippen molar-refractivity contribution in [1.29, 1.82) is 0 Å². The van der Waals surface area contributed by atoms with Gasteiger partial charge in [0.1, 0.15) is 11.3 Å². The van der Waals surface area contributed by atoms with E-state index in [-0.39, 0.29) is 24.6 Å². The smallest absolute Gasteiger partial charge is 0.422 e. The Morgan fingerprint density at radius 2 is 2.00 bits per heavy atom. The minimum Gasteiger partial charge on any atom is -0.497 e. The van der Waals surface area contributed by atoms with Crippen LogP contribution in [0.1, 0.15) is 17.5 Å². The van der Waals surface area contributed by atoms with Gasteiger partial charge in [-0.15, -0.1) is 0 Å². The topological polar surface area (TPSA) is 90.7 Å². The van der Waals surface area contributed by atoms with E-state index < -0.39 is 18.4 Å². The van der Waals surface area contributed by atoms with E-state index in [0.29, 0.717) is 22.6 Å². The largest absolute Gasteiger partial charge is 0.497 e. The van der Waals surface area contributed by atoms with E-state index in [1.165, 1.54) is 25.4 Å². The maximum absolute atomic E-state index is 12.4. The molecule has 0 saturated heterocycles. The third kappa shape index (κ3) is 5.74. The number of ether oxygens (including phenoxy) is 2. The van der Waals surface area contributed by atoms with Crippen LogP contribution in [0.15, 0.2) is 45.7 Å². The van der Waals surface area contributed by atoms with Gasteiger partial charge in [-0.2, -0.15) is 13.2 Å². The van der Waals surface area contributed by atoms with Gasteiger partial charge in [-0.3, -0.25) is 4.79 Å². The van der Waals surface area contributed by atoms with E-state index in [1.807, 2.05) is 0 Å². The monoisotopic (exact) mass is 436 g/mol. The molecule has 7 nitrogen and oxygen atoms in total. The van der Waals surface area contributed by atoms with E-state index in [9.17, 15) is 22.8 Å². The minimum absolute atomic E-state index is 0.000410. The molecule has 0 aliphatic rings.